The smallest absolute Gasteiger partial charge is 0.164 e. The Labute approximate surface area is 270 Å². The van der Waals surface area contributed by atoms with Crippen LogP contribution in [0, 0.1) is 0 Å². The molecule has 0 aliphatic rings. The van der Waals surface area contributed by atoms with Crippen LogP contribution in [0.5, 0.6) is 0 Å². The van der Waals surface area contributed by atoms with Crippen molar-refractivity contribution in [3.63, 3.8) is 0 Å². The molecule has 5 heteroatoms. The Bertz CT molecular complexity index is 2490. The lowest BCUT2D eigenvalue weighted by atomic mass is 9.93. The lowest BCUT2D eigenvalue weighted by Gasteiger charge is -2.11. The Kier molecular flexibility index (Phi) is 6.39. The summed E-state index contributed by atoms with van der Waals surface area (Å²) in [5.41, 5.74) is 9.77. The molecule has 3 aromatic heterocycles. The minimum atomic E-state index is 0.625. The van der Waals surface area contributed by atoms with Crippen LogP contribution in [-0.4, -0.2) is 19.9 Å². The highest BCUT2D eigenvalue weighted by molar-refractivity contribution is 6.16. The highest BCUT2D eigenvalue weighted by Gasteiger charge is 2.17. The monoisotopic (exact) mass is 602 g/mol. The number of furan rings is 1. The van der Waals surface area contributed by atoms with Gasteiger partial charge in [-0.2, -0.15) is 0 Å². The van der Waals surface area contributed by atoms with Crippen LogP contribution in [0.3, 0.4) is 0 Å². The molecule has 0 bridgehead atoms. The zero-order valence-electron chi connectivity index (χ0n) is 25.2. The van der Waals surface area contributed by atoms with E-state index in [0.29, 0.717) is 17.5 Å². The van der Waals surface area contributed by atoms with E-state index in [4.69, 9.17) is 19.4 Å². The molecule has 9 rings (SSSR count). The fourth-order valence-electron chi connectivity index (χ4n) is 6.23. The minimum Gasteiger partial charge on any atom is -0.456 e. The van der Waals surface area contributed by atoms with Crippen molar-refractivity contribution in [3.8, 4) is 56.4 Å². The van der Waals surface area contributed by atoms with Crippen LogP contribution in [0.25, 0.3) is 89.3 Å². The predicted octanol–water partition coefficient (Wildman–Crippen LogP) is 10.7. The van der Waals surface area contributed by atoms with Crippen LogP contribution in [-0.2, 0) is 0 Å². The second-order valence-corrected chi connectivity index (χ2v) is 11.5. The molecule has 5 nitrogen and oxygen atoms in total. The fourth-order valence-corrected chi connectivity index (χ4v) is 6.23. The molecular weight excluding hydrogens is 576 g/mol. The quantitative estimate of drug-likeness (QED) is 0.196. The largest absolute Gasteiger partial charge is 0.456 e. The fraction of sp³-hybridized carbons (Fsp3) is 0. The standard InChI is InChI=1S/C42H26N4O/c1-4-11-27(12-5-1)33-24-34(39-35-23-32-17-10-22-43-36(32)26-37(35)47-38(39)25-33)28-18-20-31(21-19-28)42-45-40(29-13-6-2-7-14-29)44-41(46-42)30-15-8-3-9-16-30/h1-26H. The van der Waals surface area contributed by atoms with E-state index in [9.17, 15) is 0 Å². The van der Waals surface area contributed by atoms with Crippen LogP contribution >= 0.6 is 0 Å². The van der Waals surface area contributed by atoms with Gasteiger partial charge < -0.3 is 4.42 Å². The Balaban J connectivity index is 1.21. The lowest BCUT2D eigenvalue weighted by molar-refractivity contribution is 0.669. The molecule has 220 valence electrons. The van der Waals surface area contributed by atoms with Gasteiger partial charge in [-0.25, -0.2) is 15.0 Å². The zero-order chi connectivity index (χ0) is 31.2. The van der Waals surface area contributed by atoms with Gasteiger partial charge in [0.25, 0.3) is 0 Å². The Morgan fingerprint density at radius 3 is 1.57 bits per heavy atom. The van der Waals surface area contributed by atoms with Crippen LogP contribution in [0.2, 0.25) is 0 Å². The molecule has 0 radical (unpaired) electrons. The summed E-state index contributed by atoms with van der Waals surface area (Å²) in [6.45, 7) is 0. The zero-order valence-corrected chi connectivity index (χ0v) is 25.2. The number of rotatable bonds is 5. The number of hydrogen-bond donors (Lipinski definition) is 0. The van der Waals surface area contributed by atoms with E-state index in [2.05, 4.69) is 77.8 Å². The molecule has 0 amide bonds. The van der Waals surface area contributed by atoms with Crippen molar-refractivity contribution in [2.24, 2.45) is 0 Å². The molecule has 0 aliphatic carbocycles. The summed E-state index contributed by atoms with van der Waals surface area (Å²) in [4.78, 5) is 19.3. The second kappa shape index (κ2) is 11.2. The molecule has 0 N–H and O–H groups in total. The maximum Gasteiger partial charge on any atom is 0.164 e. The van der Waals surface area contributed by atoms with E-state index in [0.717, 1.165) is 71.8 Å². The Morgan fingerprint density at radius 2 is 0.957 bits per heavy atom. The second-order valence-electron chi connectivity index (χ2n) is 11.5. The van der Waals surface area contributed by atoms with Gasteiger partial charge in [-0.1, -0.05) is 121 Å². The SMILES string of the molecule is c1ccc(-c2cc(-c3ccc(-c4nc(-c5ccccc5)nc(-c5ccccc5)n4)cc3)c3c(c2)oc2cc4ncccc4cc23)cc1. The molecule has 3 heterocycles. The van der Waals surface area contributed by atoms with E-state index < -0.39 is 0 Å². The average molecular weight is 603 g/mol. The molecule has 0 atom stereocenters. The van der Waals surface area contributed by atoms with Crippen molar-refractivity contribution >= 4 is 32.8 Å². The third kappa shape index (κ3) is 4.91. The number of nitrogens with zero attached hydrogens (tertiary/aromatic N) is 4. The topological polar surface area (TPSA) is 64.7 Å². The molecule has 0 spiro atoms. The van der Waals surface area contributed by atoms with Crippen LogP contribution in [0.1, 0.15) is 0 Å². The number of pyridine rings is 1. The average Bonchev–Trinajstić information content (AvgIpc) is 3.51. The number of fused-ring (bicyclic) bond motifs is 4. The third-order valence-electron chi connectivity index (χ3n) is 8.56. The number of hydrogen-bond acceptors (Lipinski definition) is 5. The maximum absolute atomic E-state index is 6.52. The first kappa shape index (κ1) is 26.9. The van der Waals surface area contributed by atoms with Crippen molar-refractivity contribution in [1.29, 1.82) is 0 Å². The third-order valence-corrected chi connectivity index (χ3v) is 8.56. The number of benzene rings is 6. The van der Waals surface area contributed by atoms with Gasteiger partial charge in [-0.3, -0.25) is 4.98 Å². The van der Waals surface area contributed by atoms with Crippen molar-refractivity contribution in [3.05, 3.63) is 158 Å². The van der Waals surface area contributed by atoms with Crippen molar-refractivity contribution in [2.45, 2.75) is 0 Å². The summed E-state index contributed by atoms with van der Waals surface area (Å²) < 4.78 is 6.52. The Morgan fingerprint density at radius 1 is 0.404 bits per heavy atom. The van der Waals surface area contributed by atoms with Gasteiger partial charge in [-0.15, -0.1) is 0 Å². The van der Waals surface area contributed by atoms with E-state index in [1.54, 1.807) is 0 Å². The molecule has 0 aliphatic heterocycles. The molecule has 6 aromatic carbocycles. The van der Waals surface area contributed by atoms with Crippen LogP contribution in [0.15, 0.2) is 162 Å². The molecule has 0 fully saturated rings. The Hall–Kier alpha value is -6.46. The van der Waals surface area contributed by atoms with Crippen LogP contribution in [0.4, 0.5) is 0 Å². The molecule has 47 heavy (non-hydrogen) atoms. The molecule has 9 aromatic rings. The lowest BCUT2D eigenvalue weighted by Crippen LogP contribution is -2.00. The van der Waals surface area contributed by atoms with Gasteiger partial charge in [0.15, 0.2) is 17.5 Å². The first-order valence-electron chi connectivity index (χ1n) is 15.5. The summed E-state index contributed by atoms with van der Waals surface area (Å²) in [5.74, 6) is 1.91. The minimum absolute atomic E-state index is 0.625. The van der Waals surface area contributed by atoms with E-state index in [-0.39, 0.29) is 0 Å². The molecule has 0 saturated carbocycles. The summed E-state index contributed by atoms with van der Waals surface area (Å²) in [6, 6.07) is 51.7. The highest BCUT2D eigenvalue weighted by atomic mass is 16.3. The van der Waals surface area contributed by atoms with E-state index in [1.807, 2.05) is 85.1 Å². The van der Waals surface area contributed by atoms with Crippen molar-refractivity contribution in [2.75, 3.05) is 0 Å². The highest BCUT2D eigenvalue weighted by Crippen LogP contribution is 2.41. The van der Waals surface area contributed by atoms with Gasteiger partial charge in [0.05, 0.1) is 5.52 Å². The van der Waals surface area contributed by atoms with E-state index >= 15 is 0 Å². The summed E-state index contributed by atoms with van der Waals surface area (Å²) in [5, 5.41) is 3.22. The molecule has 0 saturated heterocycles. The van der Waals surface area contributed by atoms with Gasteiger partial charge in [-0.05, 0) is 46.5 Å². The molecular formula is C42H26N4O. The summed E-state index contributed by atoms with van der Waals surface area (Å²) in [7, 11) is 0. The van der Waals surface area contributed by atoms with E-state index in [1.165, 1.54) is 0 Å². The van der Waals surface area contributed by atoms with Crippen LogP contribution < -0.4 is 0 Å². The first-order chi connectivity index (χ1) is 23.3. The maximum atomic E-state index is 6.52. The van der Waals surface area contributed by atoms with Gasteiger partial charge in [0.2, 0.25) is 0 Å². The normalized spacial score (nSPS) is 11.4. The molecule has 0 unspecified atom stereocenters. The summed E-state index contributed by atoms with van der Waals surface area (Å²) >= 11 is 0. The summed E-state index contributed by atoms with van der Waals surface area (Å²) in [6.07, 6.45) is 1.81. The van der Waals surface area contributed by atoms with Crippen molar-refractivity contribution in [1.82, 2.24) is 19.9 Å². The van der Waals surface area contributed by atoms with Crippen molar-refractivity contribution < 1.29 is 4.42 Å². The number of aromatic nitrogens is 4. The van der Waals surface area contributed by atoms with Gasteiger partial charge >= 0.3 is 0 Å². The predicted molar refractivity (Wildman–Crippen MR) is 190 cm³/mol. The first-order valence-corrected chi connectivity index (χ1v) is 15.5. The van der Waals surface area contributed by atoms with Gasteiger partial charge in [0.1, 0.15) is 11.2 Å². The van der Waals surface area contributed by atoms with Gasteiger partial charge in [0, 0.05) is 45.1 Å².